The number of aromatic amines is 2. The standard InChI is InChI=1S/C22H30N4O8/c1-13-17(19(27)31-3)15(11-23-13)25-21(29)33-9-7-5-6-8-10-34-22(30)26-16-12-24-14(2)18(16)20(28)32-4/h11-12,23-24H,5-10H2,1-4H3,(H,25,29)(H,26,30). The van der Waals surface area contributed by atoms with Crippen molar-refractivity contribution in [2.75, 3.05) is 38.1 Å². The Balaban J connectivity index is 1.59. The Hall–Kier alpha value is -3.96. The molecule has 2 rings (SSSR count). The molecule has 0 bridgehead atoms. The summed E-state index contributed by atoms with van der Waals surface area (Å²) in [6.45, 7) is 3.79. The van der Waals surface area contributed by atoms with Crippen LogP contribution in [-0.4, -0.2) is 61.5 Å². The number of carbonyl (C=O) groups excluding carboxylic acids is 4. The summed E-state index contributed by atoms with van der Waals surface area (Å²) in [6, 6.07) is 0. The third-order valence-electron chi connectivity index (χ3n) is 4.91. The van der Waals surface area contributed by atoms with Crippen molar-refractivity contribution < 1.29 is 38.1 Å². The number of carbonyl (C=O) groups is 4. The van der Waals surface area contributed by atoms with Crippen LogP contribution in [0.2, 0.25) is 0 Å². The van der Waals surface area contributed by atoms with Crippen molar-refractivity contribution in [2.24, 2.45) is 0 Å². The Morgan fingerprint density at radius 2 is 1.09 bits per heavy atom. The molecule has 0 aliphatic carbocycles. The van der Waals surface area contributed by atoms with Crippen molar-refractivity contribution >= 4 is 35.5 Å². The zero-order valence-electron chi connectivity index (χ0n) is 19.7. The number of aromatic nitrogens is 2. The van der Waals surface area contributed by atoms with Gasteiger partial charge >= 0.3 is 24.1 Å². The molecular weight excluding hydrogens is 448 g/mol. The number of anilines is 2. The second kappa shape index (κ2) is 12.9. The summed E-state index contributed by atoms with van der Waals surface area (Å²) in [5.41, 5.74) is 2.22. The zero-order valence-corrected chi connectivity index (χ0v) is 19.7. The predicted molar refractivity (Wildman–Crippen MR) is 122 cm³/mol. The number of unbranched alkanes of at least 4 members (excludes halogenated alkanes) is 3. The molecule has 2 amide bonds. The van der Waals surface area contributed by atoms with Crippen LogP contribution in [0.1, 0.15) is 57.8 Å². The van der Waals surface area contributed by atoms with Crippen LogP contribution in [0.15, 0.2) is 12.4 Å². The Kier molecular flexibility index (Phi) is 9.99. The molecule has 0 aromatic carbocycles. The van der Waals surface area contributed by atoms with Gasteiger partial charge in [0.1, 0.15) is 11.1 Å². The average molecular weight is 479 g/mol. The van der Waals surface area contributed by atoms with Crippen molar-refractivity contribution in [3.63, 3.8) is 0 Å². The number of ether oxygens (including phenoxy) is 4. The second-order valence-electron chi connectivity index (χ2n) is 7.32. The molecule has 2 aromatic heterocycles. The van der Waals surface area contributed by atoms with Gasteiger partial charge in [-0.15, -0.1) is 0 Å². The van der Waals surface area contributed by atoms with Gasteiger partial charge in [-0.05, 0) is 39.5 Å². The summed E-state index contributed by atoms with van der Waals surface area (Å²) in [5, 5.41) is 5.03. The van der Waals surface area contributed by atoms with Crippen LogP contribution in [-0.2, 0) is 18.9 Å². The highest BCUT2D eigenvalue weighted by Crippen LogP contribution is 2.21. The Labute approximate surface area is 196 Å². The first-order valence-corrected chi connectivity index (χ1v) is 10.7. The topological polar surface area (TPSA) is 161 Å². The number of amides is 2. The molecule has 0 aliphatic heterocycles. The number of hydrogen-bond donors (Lipinski definition) is 4. The molecule has 0 unspecified atom stereocenters. The molecule has 4 N–H and O–H groups in total. The fourth-order valence-corrected chi connectivity index (χ4v) is 3.16. The first kappa shape index (κ1) is 26.3. The number of H-pyrrole nitrogens is 2. The number of nitrogens with one attached hydrogen (secondary N) is 4. The number of rotatable bonds is 11. The fourth-order valence-electron chi connectivity index (χ4n) is 3.16. The Morgan fingerprint density at radius 1 is 0.706 bits per heavy atom. The summed E-state index contributed by atoms with van der Waals surface area (Å²) in [5.74, 6) is -1.12. The van der Waals surface area contributed by atoms with E-state index in [1.807, 2.05) is 0 Å². The minimum absolute atomic E-state index is 0.202. The molecule has 0 aliphatic rings. The van der Waals surface area contributed by atoms with Crippen molar-refractivity contribution in [1.29, 1.82) is 0 Å². The molecule has 2 heterocycles. The lowest BCUT2D eigenvalue weighted by molar-refractivity contribution is 0.0592. The van der Waals surface area contributed by atoms with E-state index in [9.17, 15) is 19.2 Å². The highest BCUT2D eigenvalue weighted by Gasteiger charge is 2.20. The van der Waals surface area contributed by atoms with E-state index in [-0.39, 0.29) is 24.3 Å². The van der Waals surface area contributed by atoms with Crippen molar-refractivity contribution in [3.05, 3.63) is 34.9 Å². The van der Waals surface area contributed by atoms with Gasteiger partial charge in [0.15, 0.2) is 0 Å². The molecule has 0 radical (unpaired) electrons. The maximum atomic E-state index is 11.9. The summed E-state index contributed by atoms with van der Waals surface area (Å²) in [7, 11) is 2.52. The molecule has 0 spiro atoms. The third kappa shape index (κ3) is 7.29. The van der Waals surface area contributed by atoms with Crippen molar-refractivity contribution in [1.82, 2.24) is 9.97 Å². The van der Waals surface area contributed by atoms with E-state index in [1.165, 1.54) is 26.6 Å². The van der Waals surface area contributed by atoms with E-state index in [4.69, 9.17) is 18.9 Å². The molecule has 12 heteroatoms. The molecule has 12 nitrogen and oxygen atoms in total. The molecule has 34 heavy (non-hydrogen) atoms. The molecule has 0 fully saturated rings. The largest absolute Gasteiger partial charge is 0.465 e. The number of methoxy groups -OCH3 is 2. The van der Waals surface area contributed by atoms with E-state index < -0.39 is 24.1 Å². The monoisotopic (exact) mass is 478 g/mol. The first-order valence-electron chi connectivity index (χ1n) is 10.7. The van der Waals surface area contributed by atoms with E-state index in [2.05, 4.69) is 20.6 Å². The van der Waals surface area contributed by atoms with Crippen LogP contribution < -0.4 is 10.6 Å². The lowest BCUT2D eigenvalue weighted by Gasteiger charge is -2.08. The highest BCUT2D eigenvalue weighted by molar-refractivity contribution is 6.01. The summed E-state index contributed by atoms with van der Waals surface area (Å²) >= 11 is 0. The maximum Gasteiger partial charge on any atom is 0.411 e. The summed E-state index contributed by atoms with van der Waals surface area (Å²) in [6.07, 6.45) is 4.42. The van der Waals surface area contributed by atoms with E-state index >= 15 is 0 Å². The second-order valence-corrected chi connectivity index (χ2v) is 7.32. The molecule has 0 saturated heterocycles. The van der Waals surface area contributed by atoms with Gasteiger partial charge < -0.3 is 28.9 Å². The van der Waals surface area contributed by atoms with Crippen LogP contribution in [0.25, 0.3) is 0 Å². The molecule has 2 aromatic rings. The van der Waals surface area contributed by atoms with E-state index in [0.717, 1.165) is 12.8 Å². The maximum absolute atomic E-state index is 11.9. The van der Waals surface area contributed by atoms with Crippen molar-refractivity contribution in [3.8, 4) is 0 Å². The first-order chi connectivity index (χ1) is 16.3. The van der Waals surface area contributed by atoms with E-state index in [0.29, 0.717) is 35.6 Å². The quantitative estimate of drug-likeness (QED) is 0.215. The Bertz CT molecular complexity index is 930. The number of aryl methyl sites for hydroxylation is 2. The minimum Gasteiger partial charge on any atom is -0.465 e. The lowest BCUT2D eigenvalue weighted by atomic mass is 10.2. The molecule has 186 valence electrons. The van der Waals surface area contributed by atoms with Crippen LogP contribution in [0, 0.1) is 13.8 Å². The van der Waals surface area contributed by atoms with Crippen LogP contribution >= 0.6 is 0 Å². The zero-order chi connectivity index (χ0) is 25.1. The average Bonchev–Trinajstić information content (AvgIpc) is 3.36. The van der Waals surface area contributed by atoms with Crippen LogP contribution in [0.3, 0.4) is 0 Å². The highest BCUT2D eigenvalue weighted by atomic mass is 16.6. The molecule has 0 atom stereocenters. The SMILES string of the molecule is COC(=O)c1c(NC(=O)OCCCCCCOC(=O)Nc2c[nH]c(C)c2C(=O)OC)c[nH]c1C. The summed E-state index contributed by atoms with van der Waals surface area (Å²) in [4.78, 5) is 53.1. The van der Waals surface area contributed by atoms with Gasteiger partial charge in [-0.2, -0.15) is 0 Å². The van der Waals surface area contributed by atoms with Crippen LogP contribution in [0.4, 0.5) is 21.0 Å². The normalized spacial score (nSPS) is 10.4. The lowest BCUT2D eigenvalue weighted by Crippen LogP contribution is -2.17. The Morgan fingerprint density at radius 3 is 1.44 bits per heavy atom. The van der Waals surface area contributed by atoms with Gasteiger partial charge in [-0.3, -0.25) is 10.6 Å². The van der Waals surface area contributed by atoms with Gasteiger partial charge in [-0.25, -0.2) is 19.2 Å². The van der Waals surface area contributed by atoms with Gasteiger partial charge in [0, 0.05) is 23.8 Å². The fraction of sp³-hybridized carbons (Fsp3) is 0.455. The van der Waals surface area contributed by atoms with E-state index in [1.54, 1.807) is 13.8 Å². The third-order valence-corrected chi connectivity index (χ3v) is 4.91. The minimum atomic E-state index is -0.671. The molecule has 0 saturated carbocycles. The van der Waals surface area contributed by atoms with Gasteiger partial charge in [0.2, 0.25) is 0 Å². The molecular formula is C22H30N4O8. The summed E-state index contributed by atoms with van der Waals surface area (Å²) < 4.78 is 19.7. The smallest absolute Gasteiger partial charge is 0.411 e. The van der Waals surface area contributed by atoms with Crippen molar-refractivity contribution in [2.45, 2.75) is 39.5 Å². The van der Waals surface area contributed by atoms with Crippen LogP contribution in [0.5, 0.6) is 0 Å². The van der Waals surface area contributed by atoms with Gasteiger partial charge in [-0.1, -0.05) is 0 Å². The number of hydrogen-bond acceptors (Lipinski definition) is 8. The predicted octanol–water partition coefficient (Wildman–Crippen LogP) is 3.89. The van der Waals surface area contributed by atoms with Gasteiger partial charge in [0.05, 0.1) is 38.8 Å². The number of esters is 2. The van der Waals surface area contributed by atoms with Gasteiger partial charge in [0.25, 0.3) is 0 Å².